The summed E-state index contributed by atoms with van der Waals surface area (Å²) >= 11 is 0. The van der Waals surface area contributed by atoms with Crippen LogP contribution in [0.2, 0.25) is 0 Å². The minimum Gasteiger partial charge on any atom is -0.295 e. The molecule has 1 aromatic rings. The van der Waals surface area contributed by atoms with Gasteiger partial charge in [0.2, 0.25) is 0 Å². The number of rotatable bonds is 1. The molecule has 3 heteroatoms. The summed E-state index contributed by atoms with van der Waals surface area (Å²) in [5.74, 6) is 0. The lowest BCUT2D eigenvalue weighted by Crippen LogP contribution is -2.30. The molecule has 1 N–H and O–H groups in total. The van der Waals surface area contributed by atoms with Crippen molar-refractivity contribution in [1.29, 1.82) is 0 Å². The average Bonchev–Trinajstić information content (AvgIpc) is 2.19. The van der Waals surface area contributed by atoms with Crippen molar-refractivity contribution in [3.63, 3.8) is 0 Å². The zero-order valence-electron chi connectivity index (χ0n) is 7.44. The molecule has 1 aliphatic heterocycles. The zero-order valence-corrected chi connectivity index (χ0v) is 7.44. The molecule has 0 aromatic heterocycles. The van der Waals surface area contributed by atoms with Crippen molar-refractivity contribution in [2.45, 2.75) is 0 Å². The van der Waals surface area contributed by atoms with Crippen LogP contribution in [0.5, 0.6) is 0 Å². The van der Waals surface area contributed by atoms with Gasteiger partial charge in [-0.15, -0.1) is 0 Å². The standard InChI is InChI=1S/C10H11N3/c1-13-7-10(11-8-12-13)9-5-3-2-4-6-9/h2-8H,1H3,(H,11,12). The predicted octanol–water partition coefficient (Wildman–Crippen LogP) is 1.46. The van der Waals surface area contributed by atoms with Gasteiger partial charge in [-0.25, -0.2) is 4.99 Å². The van der Waals surface area contributed by atoms with Gasteiger partial charge in [-0.3, -0.25) is 10.4 Å². The Morgan fingerprint density at radius 2 is 2.00 bits per heavy atom. The van der Waals surface area contributed by atoms with E-state index >= 15 is 0 Å². The van der Waals surface area contributed by atoms with E-state index in [9.17, 15) is 0 Å². The lowest BCUT2D eigenvalue weighted by Gasteiger charge is -2.18. The maximum atomic E-state index is 4.23. The van der Waals surface area contributed by atoms with E-state index in [-0.39, 0.29) is 0 Å². The third-order valence-corrected chi connectivity index (χ3v) is 1.85. The number of benzene rings is 1. The van der Waals surface area contributed by atoms with Gasteiger partial charge in [-0.2, -0.15) is 0 Å². The van der Waals surface area contributed by atoms with Crippen LogP contribution < -0.4 is 5.43 Å². The van der Waals surface area contributed by atoms with Crippen LogP contribution in [-0.2, 0) is 0 Å². The normalized spacial score (nSPS) is 15.2. The Labute approximate surface area is 77.4 Å². The van der Waals surface area contributed by atoms with Crippen LogP contribution in [0.15, 0.2) is 41.5 Å². The smallest absolute Gasteiger partial charge is 0.107 e. The highest BCUT2D eigenvalue weighted by Crippen LogP contribution is 2.16. The largest absolute Gasteiger partial charge is 0.295 e. The molecule has 1 aromatic carbocycles. The monoisotopic (exact) mass is 173 g/mol. The molecule has 0 saturated heterocycles. The van der Waals surface area contributed by atoms with E-state index in [1.165, 1.54) is 0 Å². The summed E-state index contributed by atoms with van der Waals surface area (Å²) in [5.41, 5.74) is 5.05. The molecule has 1 aliphatic rings. The van der Waals surface area contributed by atoms with E-state index in [0.29, 0.717) is 0 Å². The van der Waals surface area contributed by atoms with Crippen LogP contribution in [0.25, 0.3) is 5.70 Å². The molecule has 0 aliphatic carbocycles. The van der Waals surface area contributed by atoms with Gasteiger partial charge >= 0.3 is 0 Å². The quantitative estimate of drug-likeness (QED) is 0.696. The molecule has 13 heavy (non-hydrogen) atoms. The van der Waals surface area contributed by atoms with Gasteiger partial charge in [0.15, 0.2) is 0 Å². The molecule has 0 fully saturated rings. The summed E-state index contributed by atoms with van der Waals surface area (Å²) in [4.78, 5) is 4.23. The second kappa shape index (κ2) is 3.31. The number of hydrogen-bond acceptors (Lipinski definition) is 3. The zero-order chi connectivity index (χ0) is 9.10. The minimum absolute atomic E-state index is 0.974. The van der Waals surface area contributed by atoms with Crippen LogP contribution in [0.4, 0.5) is 0 Å². The molecule has 2 rings (SSSR count). The summed E-state index contributed by atoms with van der Waals surface area (Å²) in [7, 11) is 1.94. The molecule has 0 radical (unpaired) electrons. The Morgan fingerprint density at radius 3 is 2.69 bits per heavy atom. The van der Waals surface area contributed by atoms with Crippen molar-refractivity contribution >= 4 is 12.0 Å². The minimum atomic E-state index is 0.974. The van der Waals surface area contributed by atoms with Crippen molar-refractivity contribution in [3.05, 3.63) is 42.1 Å². The van der Waals surface area contributed by atoms with E-state index in [1.54, 1.807) is 6.34 Å². The molecule has 0 amide bonds. The maximum absolute atomic E-state index is 4.23. The SMILES string of the molecule is CN1C=C(c2ccccc2)N=CN1. The van der Waals surface area contributed by atoms with Gasteiger partial charge in [0.1, 0.15) is 6.34 Å². The Hall–Kier alpha value is -1.77. The molecular formula is C10H11N3. The fourth-order valence-electron chi connectivity index (χ4n) is 1.20. The van der Waals surface area contributed by atoms with Crippen molar-refractivity contribution in [2.24, 2.45) is 4.99 Å². The van der Waals surface area contributed by atoms with Crippen molar-refractivity contribution in [3.8, 4) is 0 Å². The van der Waals surface area contributed by atoms with E-state index in [0.717, 1.165) is 11.3 Å². The summed E-state index contributed by atoms with van der Waals surface area (Å²) < 4.78 is 0. The Kier molecular flexibility index (Phi) is 2.00. The summed E-state index contributed by atoms with van der Waals surface area (Å²) in [6.07, 6.45) is 3.64. The highest BCUT2D eigenvalue weighted by atomic mass is 15.5. The topological polar surface area (TPSA) is 27.6 Å². The fourth-order valence-corrected chi connectivity index (χ4v) is 1.20. The molecule has 0 saturated carbocycles. The number of aliphatic imine (C=N–C) groups is 1. The van der Waals surface area contributed by atoms with Gasteiger partial charge in [0.25, 0.3) is 0 Å². The highest BCUT2D eigenvalue weighted by Gasteiger charge is 2.02. The second-order valence-corrected chi connectivity index (χ2v) is 2.88. The van der Waals surface area contributed by atoms with Gasteiger partial charge in [-0.05, 0) is 0 Å². The first-order valence-corrected chi connectivity index (χ1v) is 4.15. The van der Waals surface area contributed by atoms with Gasteiger partial charge < -0.3 is 0 Å². The molecule has 0 atom stereocenters. The summed E-state index contributed by atoms with van der Waals surface area (Å²) in [6.45, 7) is 0. The van der Waals surface area contributed by atoms with Crippen molar-refractivity contribution in [1.82, 2.24) is 10.4 Å². The predicted molar refractivity (Wildman–Crippen MR) is 53.8 cm³/mol. The number of hydrazine groups is 1. The number of hydrogen-bond donors (Lipinski definition) is 1. The molecule has 0 unspecified atom stereocenters. The number of nitrogens with one attached hydrogen (secondary N) is 1. The second-order valence-electron chi connectivity index (χ2n) is 2.88. The number of nitrogens with zero attached hydrogens (tertiary/aromatic N) is 2. The van der Waals surface area contributed by atoms with E-state index in [4.69, 9.17) is 0 Å². The molecule has 0 bridgehead atoms. The van der Waals surface area contributed by atoms with Crippen LogP contribution in [0, 0.1) is 0 Å². The highest BCUT2D eigenvalue weighted by molar-refractivity contribution is 5.74. The first-order chi connectivity index (χ1) is 6.36. The van der Waals surface area contributed by atoms with Gasteiger partial charge in [-0.1, -0.05) is 30.3 Å². The van der Waals surface area contributed by atoms with Gasteiger partial charge in [0, 0.05) is 18.8 Å². The Bertz CT molecular complexity index is 340. The van der Waals surface area contributed by atoms with Crippen LogP contribution >= 0.6 is 0 Å². The van der Waals surface area contributed by atoms with E-state index in [2.05, 4.69) is 10.4 Å². The van der Waals surface area contributed by atoms with Crippen molar-refractivity contribution in [2.75, 3.05) is 7.05 Å². The molecule has 66 valence electrons. The molecule has 1 heterocycles. The third kappa shape index (κ3) is 1.69. The Balaban J connectivity index is 2.32. The molecule has 3 nitrogen and oxygen atoms in total. The maximum Gasteiger partial charge on any atom is 0.107 e. The first-order valence-electron chi connectivity index (χ1n) is 4.15. The van der Waals surface area contributed by atoms with Gasteiger partial charge in [0.05, 0.1) is 5.70 Å². The van der Waals surface area contributed by atoms with E-state index < -0.39 is 0 Å². The third-order valence-electron chi connectivity index (χ3n) is 1.85. The lowest BCUT2D eigenvalue weighted by molar-refractivity contribution is 0.411. The van der Waals surface area contributed by atoms with E-state index in [1.807, 2.05) is 48.6 Å². The van der Waals surface area contributed by atoms with Crippen LogP contribution in [0.3, 0.4) is 0 Å². The van der Waals surface area contributed by atoms with Crippen LogP contribution in [-0.4, -0.2) is 18.4 Å². The lowest BCUT2D eigenvalue weighted by atomic mass is 10.2. The average molecular weight is 173 g/mol. The van der Waals surface area contributed by atoms with Crippen LogP contribution in [0.1, 0.15) is 5.56 Å². The summed E-state index contributed by atoms with van der Waals surface area (Å²) in [6, 6.07) is 10.1. The molecular weight excluding hydrogens is 162 g/mol. The fraction of sp³-hybridized carbons (Fsp3) is 0.100. The van der Waals surface area contributed by atoms with Crippen molar-refractivity contribution < 1.29 is 0 Å². The molecule has 0 spiro atoms. The summed E-state index contributed by atoms with van der Waals surface area (Å²) in [5, 5.41) is 1.87. The first kappa shape index (κ1) is 7.86. The Morgan fingerprint density at radius 1 is 1.23 bits per heavy atom.